The zero-order chi connectivity index (χ0) is 24.8. The Bertz CT molecular complexity index is 2090. The van der Waals surface area contributed by atoms with E-state index in [-0.39, 0.29) is 0 Å². The average Bonchev–Trinajstić information content (AvgIpc) is 3.75. The summed E-state index contributed by atoms with van der Waals surface area (Å²) in [6.45, 7) is 0. The van der Waals surface area contributed by atoms with Crippen LogP contribution < -0.4 is 0 Å². The quantitative estimate of drug-likeness (QED) is 0.193. The minimum atomic E-state index is 1.04. The molecule has 8 heterocycles. The average molecular weight is 635 g/mol. The Morgan fingerprint density at radius 2 is 0.921 bits per heavy atom. The van der Waals surface area contributed by atoms with Crippen molar-refractivity contribution in [3.8, 4) is 39.3 Å². The molecule has 0 spiro atoms. The second-order valence-corrected chi connectivity index (χ2v) is 16.6. The number of nitrogens with zero attached hydrogens (tertiary/aromatic N) is 4. The van der Waals surface area contributed by atoms with E-state index in [2.05, 4.69) is 44.2 Å². The first kappa shape index (κ1) is 22.4. The summed E-state index contributed by atoms with van der Waals surface area (Å²) >= 11 is 14.3. The molecule has 0 bridgehead atoms. The van der Waals surface area contributed by atoms with Gasteiger partial charge in [0, 0.05) is 64.1 Å². The third-order valence-electron chi connectivity index (χ3n) is 6.19. The molecule has 0 amide bonds. The van der Waals surface area contributed by atoms with Gasteiger partial charge >= 0.3 is 0 Å². The van der Waals surface area contributed by atoms with E-state index in [1.54, 1.807) is 45.3 Å². The van der Waals surface area contributed by atoms with Crippen molar-refractivity contribution in [3.63, 3.8) is 0 Å². The summed E-state index contributed by atoms with van der Waals surface area (Å²) < 4.78 is 8.20. The molecule has 0 saturated carbocycles. The Morgan fingerprint density at radius 1 is 0.421 bits per heavy atom. The molecule has 4 nitrogen and oxygen atoms in total. The Kier molecular flexibility index (Phi) is 5.03. The van der Waals surface area contributed by atoms with Crippen molar-refractivity contribution in [2.24, 2.45) is 0 Å². The van der Waals surface area contributed by atoms with E-state index < -0.39 is 0 Å². The Balaban J connectivity index is 1.11. The van der Waals surface area contributed by atoms with Gasteiger partial charge in [0.05, 0.1) is 39.9 Å². The fourth-order valence-electron chi connectivity index (χ4n) is 4.49. The number of thiazole rings is 4. The van der Waals surface area contributed by atoms with Crippen LogP contribution in [-0.2, 0) is 0 Å². The van der Waals surface area contributed by atoms with E-state index in [4.69, 9.17) is 0 Å². The molecule has 0 aliphatic carbocycles. The predicted molar refractivity (Wildman–Crippen MR) is 172 cm³/mol. The molecule has 9 aromatic rings. The van der Waals surface area contributed by atoms with Crippen LogP contribution >= 0.6 is 90.7 Å². The number of hydrogen-bond donors (Lipinski definition) is 0. The largest absolute Gasteiger partial charge is 0.252 e. The smallest absolute Gasteiger partial charge is 0.135 e. The summed E-state index contributed by atoms with van der Waals surface area (Å²) in [6, 6.07) is 9.49. The van der Waals surface area contributed by atoms with Gasteiger partial charge in [-0.25, -0.2) is 9.97 Å². The summed E-state index contributed by atoms with van der Waals surface area (Å²) in [5.74, 6) is 0. The minimum absolute atomic E-state index is 1.04. The van der Waals surface area contributed by atoms with Crippen LogP contribution in [0, 0.1) is 0 Å². The summed E-state index contributed by atoms with van der Waals surface area (Å²) in [5, 5.41) is 4.82. The van der Waals surface area contributed by atoms with Gasteiger partial charge in [-0.15, -0.1) is 90.7 Å². The highest BCUT2D eigenvalue weighted by Crippen LogP contribution is 2.50. The van der Waals surface area contributed by atoms with Crippen molar-refractivity contribution >= 4 is 130 Å². The number of fused-ring (bicyclic) bond motifs is 6. The van der Waals surface area contributed by atoms with Gasteiger partial charge in [-0.2, -0.15) is 0 Å². The second-order valence-electron chi connectivity index (χ2n) is 8.45. The van der Waals surface area contributed by atoms with Crippen LogP contribution in [0.4, 0.5) is 0 Å². The number of benzene rings is 1. The van der Waals surface area contributed by atoms with E-state index >= 15 is 0 Å². The molecule has 0 N–H and O–H groups in total. The molecule has 182 valence electrons. The van der Waals surface area contributed by atoms with Crippen LogP contribution in [0.2, 0.25) is 0 Å². The normalized spacial score (nSPS) is 12.2. The fraction of sp³-hybridized carbons (Fsp3) is 0. The van der Waals surface area contributed by atoms with Crippen LogP contribution in [0.25, 0.3) is 78.3 Å². The lowest BCUT2D eigenvalue weighted by molar-refractivity contribution is 1.39. The van der Waals surface area contributed by atoms with Crippen molar-refractivity contribution in [1.29, 1.82) is 0 Å². The SMILES string of the molecule is c1ncc(-c2ncc(-c3cc4sc5cc6c(cc5c4s3)sc3cc(-c4cnc(-c5cncs5)s4)sc36)s2)s1. The van der Waals surface area contributed by atoms with Gasteiger partial charge in [0.2, 0.25) is 0 Å². The van der Waals surface area contributed by atoms with Crippen molar-refractivity contribution in [2.75, 3.05) is 0 Å². The highest BCUT2D eigenvalue weighted by atomic mass is 32.1. The van der Waals surface area contributed by atoms with Gasteiger partial charge in [0.25, 0.3) is 0 Å². The maximum atomic E-state index is 4.65. The van der Waals surface area contributed by atoms with Crippen LogP contribution in [0.15, 0.2) is 60.1 Å². The van der Waals surface area contributed by atoms with Crippen molar-refractivity contribution in [3.05, 3.63) is 60.1 Å². The molecule has 0 atom stereocenters. The molecule has 0 unspecified atom stereocenters. The Morgan fingerprint density at radius 3 is 1.37 bits per heavy atom. The van der Waals surface area contributed by atoms with Gasteiger partial charge in [-0.1, -0.05) is 0 Å². The zero-order valence-electron chi connectivity index (χ0n) is 18.8. The van der Waals surface area contributed by atoms with Gasteiger partial charge < -0.3 is 0 Å². The first-order valence-corrected chi connectivity index (χ1v) is 17.9. The van der Waals surface area contributed by atoms with E-state index in [0.717, 1.165) is 19.8 Å². The first-order valence-electron chi connectivity index (χ1n) is 11.3. The molecule has 0 aliphatic heterocycles. The molecule has 0 saturated heterocycles. The topological polar surface area (TPSA) is 51.6 Å². The Hall–Kier alpha value is -2.42. The van der Waals surface area contributed by atoms with E-state index in [9.17, 15) is 0 Å². The van der Waals surface area contributed by atoms with E-state index in [1.807, 2.05) is 81.2 Å². The zero-order valence-corrected chi connectivity index (χ0v) is 25.4. The molecule has 8 aromatic heterocycles. The summed E-state index contributed by atoms with van der Waals surface area (Å²) in [7, 11) is 0. The van der Waals surface area contributed by atoms with Crippen LogP contribution in [0.5, 0.6) is 0 Å². The van der Waals surface area contributed by atoms with Gasteiger partial charge in [0.15, 0.2) is 0 Å². The number of thiophene rings is 4. The molecule has 38 heavy (non-hydrogen) atoms. The van der Waals surface area contributed by atoms with Crippen molar-refractivity contribution in [2.45, 2.75) is 0 Å². The molecule has 12 heteroatoms. The molecule has 0 aliphatic rings. The highest BCUT2D eigenvalue weighted by Gasteiger charge is 2.18. The van der Waals surface area contributed by atoms with Crippen molar-refractivity contribution < 1.29 is 0 Å². The maximum Gasteiger partial charge on any atom is 0.135 e. The molecular formula is C26H10N4S8. The monoisotopic (exact) mass is 634 g/mol. The highest BCUT2D eigenvalue weighted by molar-refractivity contribution is 7.37. The number of rotatable bonds is 4. The molecular weight excluding hydrogens is 625 g/mol. The lowest BCUT2D eigenvalue weighted by atomic mass is 10.2. The summed E-state index contributed by atoms with van der Waals surface area (Å²) in [6.07, 6.45) is 7.80. The van der Waals surface area contributed by atoms with Crippen LogP contribution in [-0.4, -0.2) is 19.9 Å². The number of hydrogen-bond acceptors (Lipinski definition) is 12. The summed E-state index contributed by atoms with van der Waals surface area (Å²) in [4.78, 5) is 25.0. The van der Waals surface area contributed by atoms with E-state index in [1.165, 1.54) is 58.5 Å². The Labute approximate surface area is 246 Å². The van der Waals surface area contributed by atoms with Gasteiger partial charge in [0.1, 0.15) is 10.0 Å². The lowest BCUT2D eigenvalue weighted by Gasteiger charge is -1.94. The first-order chi connectivity index (χ1) is 18.8. The van der Waals surface area contributed by atoms with Crippen molar-refractivity contribution in [1.82, 2.24) is 19.9 Å². The van der Waals surface area contributed by atoms with Crippen LogP contribution in [0.1, 0.15) is 0 Å². The molecule has 0 radical (unpaired) electrons. The standard InChI is InChI=1S/C26H10N4S8/c1-11-14(34-17-3-15(35-23(11)17)19-7-29-25(37-19)21-5-27-9-31-21)2-12-13(1)33-18-4-16(36-24(12)18)20-8-30-26(38-20)22-6-28-10-32-22/h1-10H. The molecule has 1 aromatic carbocycles. The van der Waals surface area contributed by atoms with E-state index in [0.29, 0.717) is 0 Å². The molecule has 0 fully saturated rings. The number of aromatic nitrogens is 4. The lowest BCUT2D eigenvalue weighted by Crippen LogP contribution is -1.65. The maximum absolute atomic E-state index is 4.65. The molecule has 9 rings (SSSR count). The predicted octanol–water partition coefficient (Wildman–Crippen LogP) is 11.0. The third-order valence-corrected chi connectivity index (χ3v) is 15.3. The van der Waals surface area contributed by atoms with Crippen LogP contribution in [0.3, 0.4) is 0 Å². The second kappa shape index (κ2) is 8.54. The van der Waals surface area contributed by atoms with Gasteiger partial charge in [-0.3, -0.25) is 9.97 Å². The van der Waals surface area contributed by atoms with Gasteiger partial charge in [-0.05, 0) is 24.3 Å². The third kappa shape index (κ3) is 3.45. The fourth-order valence-corrected chi connectivity index (χ4v) is 12.9. The minimum Gasteiger partial charge on any atom is -0.252 e. The summed E-state index contributed by atoms with van der Waals surface area (Å²) in [5.41, 5.74) is 3.72.